The summed E-state index contributed by atoms with van der Waals surface area (Å²) in [6, 6.07) is 7.28. The number of anilines is 1. The zero-order valence-corrected chi connectivity index (χ0v) is 7.79. The Kier molecular flexibility index (Phi) is 2.32. The second kappa shape index (κ2) is 3.63. The van der Waals surface area contributed by atoms with Gasteiger partial charge in [-0.3, -0.25) is 0 Å². The topological polar surface area (TPSA) is 57.4 Å². The van der Waals surface area contributed by atoms with E-state index in [4.69, 9.17) is 4.74 Å². The number of aliphatic hydroxyl groups is 1. The fraction of sp³-hybridized carbons (Fsp3) is 0.333. The summed E-state index contributed by atoms with van der Waals surface area (Å²) in [5.74, 6) is 0.777. The van der Waals surface area contributed by atoms with Crippen LogP contribution in [0.2, 0.25) is 0 Å². The van der Waals surface area contributed by atoms with Gasteiger partial charge in [0.1, 0.15) is 12.3 Å². The van der Waals surface area contributed by atoms with Crippen LogP contribution in [0, 0.1) is 0 Å². The lowest BCUT2D eigenvalue weighted by Crippen LogP contribution is -2.27. The Bertz CT molecular complexity index is 336. The van der Waals surface area contributed by atoms with Gasteiger partial charge in [0, 0.05) is 0 Å². The molecule has 1 aromatic rings. The minimum Gasteiger partial charge on any atom is -0.497 e. The molecule has 5 heteroatoms. The average Bonchev–Trinajstić information content (AvgIpc) is 2.65. The van der Waals surface area contributed by atoms with Gasteiger partial charge in [-0.1, -0.05) is 5.22 Å². The summed E-state index contributed by atoms with van der Waals surface area (Å²) in [4.78, 5) is 0. The van der Waals surface area contributed by atoms with E-state index < -0.39 is 6.23 Å². The van der Waals surface area contributed by atoms with Crippen molar-refractivity contribution in [1.82, 2.24) is 0 Å². The highest BCUT2D eigenvalue weighted by Crippen LogP contribution is 2.23. The maximum absolute atomic E-state index is 9.48. The molecule has 1 aliphatic heterocycles. The largest absolute Gasteiger partial charge is 0.497 e. The van der Waals surface area contributed by atoms with Crippen molar-refractivity contribution in [3.05, 3.63) is 24.3 Å². The summed E-state index contributed by atoms with van der Waals surface area (Å²) in [5.41, 5.74) is 0.805. The highest BCUT2D eigenvalue weighted by atomic mass is 16.5. The Morgan fingerprint density at radius 3 is 2.64 bits per heavy atom. The van der Waals surface area contributed by atoms with E-state index in [0.717, 1.165) is 11.4 Å². The maximum Gasteiger partial charge on any atom is 0.170 e. The molecule has 0 aliphatic carbocycles. The molecule has 0 saturated heterocycles. The molecule has 0 bridgehead atoms. The number of benzene rings is 1. The molecule has 1 heterocycles. The highest BCUT2D eigenvalue weighted by molar-refractivity contribution is 5.48. The van der Waals surface area contributed by atoms with Crippen LogP contribution in [0.3, 0.4) is 0 Å². The Balaban J connectivity index is 2.20. The Morgan fingerprint density at radius 1 is 1.43 bits per heavy atom. The molecular formula is C9H11N3O2. The summed E-state index contributed by atoms with van der Waals surface area (Å²) in [5, 5.41) is 18.5. The van der Waals surface area contributed by atoms with Crippen LogP contribution in [0.5, 0.6) is 5.75 Å². The number of ether oxygens (including phenoxy) is 1. The zero-order valence-electron chi connectivity index (χ0n) is 7.79. The first-order chi connectivity index (χ1) is 6.81. The van der Waals surface area contributed by atoms with Crippen molar-refractivity contribution in [2.24, 2.45) is 10.3 Å². The van der Waals surface area contributed by atoms with Gasteiger partial charge in [-0.05, 0) is 24.3 Å². The normalized spacial score (nSPS) is 20.1. The predicted octanol–water partition coefficient (Wildman–Crippen LogP) is 1.20. The minimum atomic E-state index is -0.650. The lowest BCUT2D eigenvalue weighted by atomic mass is 10.3. The van der Waals surface area contributed by atoms with Crippen molar-refractivity contribution in [2.45, 2.75) is 6.23 Å². The van der Waals surface area contributed by atoms with Crippen LogP contribution in [0.25, 0.3) is 0 Å². The third-order valence-corrected chi connectivity index (χ3v) is 2.02. The summed E-state index contributed by atoms with van der Waals surface area (Å²) in [6.07, 6.45) is -0.650. The predicted molar refractivity (Wildman–Crippen MR) is 51.2 cm³/mol. The first-order valence-corrected chi connectivity index (χ1v) is 4.30. The molecule has 1 atom stereocenters. The molecule has 0 saturated carbocycles. The zero-order chi connectivity index (χ0) is 9.97. The maximum atomic E-state index is 9.48. The number of hydrogen-bond acceptors (Lipinski definition) is 5. The van der Waals surface area contributed by atoms with Crippen molar-refractivity contribution in [3.63, 3.8) is 0 Å². The Morgan fingerprint density at radius 2 is 2.14 bits per heavy atom. The smallest absolute Gasteiger partial charge is 0.170 e. The van der Waals surface area contributed by atoms with Crippen molar-refractivity contribution < 1.29 is 9.84 Å². The Labute approximate surface area is 81.6 Å². The second-order valence-electron chi connectivity index (χ2n) is 2.94. The van der Waals surface area contributed by atoms with Crippen LogP contribution >= 0.6 is 0 Å². The first-order valence-electron chi connectivity index (χ1n) is 4.30. The third-order valence-electron chi connectivity index (χ3n) is 2.02. The Hall–Kier alpha value is -1.62. The molecule has 0 radical (unpaired) electrons. The summed E-state index contributed by atoms with van der Waals surface area (Å²) in [6.45, 7) is 0.325. The minimum absolute atomic E-state index is 0.325. The van der Waals surface area contributed by atoms with Gasteiger partial charge >= 0.3 is 0 Å². The van der Waals surface area contributed by atoms with E-state index in [1.165, 1.54) is 5.01 Å². The van der Waals surface area contributed by atoms with Crippen molar-refractivity contribution in [2.75, 3.05) is 18.7 Å². The van der Waals surface area contributed by atoms with E-state index in [-0.39, 0.29) is 0 Å². The van der Waals surface area contributed by atoms with Gasteiger partial charge in [-0.15, -0.1) is 0 Å². The lowest BCUT2D eigenvalue weighted by Gasteiger charge is -2.16. The van der Waals surface area contributed by atoms with Crippen LogP contribution in [-0.4, -0.2) is 25.0 Å². The first kappa shape index (κ1) is 8.96. The fourth-order valence-electron chi connectivity index (χ4n) is 1.27. The molecule has 0 aromatic heterocycles. The van der Waals surface area contributed by atoms with E-state index in [2.05, 4.69) is 10.3 Å². The number of hydrogen-bond donors (Lipinski definition) is 1. The van der Waals surface area contributed by atoms with Crippen LogP contribution in [0.4, 0.5) is 5.69 Å². The number of rotatable bonds is 2. The molecule has 1 aromatic carbocycles. The molecular weight excluding hydrogens is 182 g/mol. The molecule has 2 rings (SSSR count). The van der Waals surface area contributed by atoms with Crippen LogP contribution in [0.1, 0.15) is 0 Å². The van der Waals surface area contributed by atoms with Gasteiger partial charge in [0.25, 0.3) is 0 Å². The highest BCUT2D eigenvalue weighted by Gasteiger charge is 2.20. The van der Waals surface area contributed by atoms with Gasteiger partial charge in [0.15, 0.2) is 6.23 Å². The summed E-state index contributed by atoms with van der Waals surface area (Å²) >= 11 is 0. The number of nitrogens with zero attached hydrogens (tertiary/aromatic N) is 3. The van der Waals surface area contributed by atoms with Crippen molar-refractivity contribution in [3.8, 4) is 5.75 Å². The molecule has 1 aliphatic rings. The molecule has 5 nitrogen and oxygen atoms in total. The van der Waals surface area contributed by atoms with Crippen molar-refractivity contribution in [1.29, 1.82) is 0 Å². The van der Waals surface area contributed by atoms with Crippen LogP contribution in [0.15, 0.2) is 34.6 Å². The summed E-state index contributed by atoms with van der Waals surface area (Å²) in [7, 11) is 1.61. The second-order valence-corrected chi connectivity index (χ2v) is 2.94. The van der Waals surface area contributed by atoms with Gasteiger partial charge in [0.2, 0.25) is 0 Å². The van der Waals surface area contributed by atoms with Crippen LogP contribution < -0.4 is 9.75 Å². The van der Waals surface area contributed by atoms with Crippen molar-refractivity contribution >= 4 is 5.69 Å². The molecule has 0 fully saturated rings. The van der Waals surface area contributed by atoms with Gasteiger partial charge in [0.05, 0.1) is 12.8 Å². The molecule has 1 unspecified atom stereocenters. The standard InChI is InChI=1S/C9H11N3O2/c1-14-8-4-2-7(3-5-8)12-9(13)6-10-11-12/h2-5,9,13H,6H2,1H3. The number of aliphatic hydroxyl groups excluding tert-OH is 1. The molecule has 14 heavy (non-hydrogen) atoms. The SMILES string of the molecule is COc1ccc(N2N=NCC2O)cc1. The molecule has 0 spiro atoms. The average molecular weight is 193 g/mol. The van der Waals surface area contributed by atoms with Gasteiger partial charge < -0.3 is 9.84 Å². The lowest BCUT2D eigenvalue weighted by molar-refractivity contribution is 0.194. The molecule has 0 amide bonds. The fourth-order valence-corrected chi connectivity index (χ4v) is 1.27. The van der Waals surface area contributed by atoms with Gasteiger partial charge in [-0.2, -0.15) is 5.11 Å². The molecule has 74 valence electrons. The van der Waals surface area contributed by atoms with E-state index in [9.17, 15) is 5.11 Å². The molecule has 1 N–H and O–H groups in total. The van der Waals surface area contributed by atoms with E-state index >= 15 is 0 Å². The van der Waals surface area contributed by atoms with E-state index in [1.807, 2.05) is 24.3 Å². The van der Waals surface area contributed by atoms with Gasteiger partial charge in [-0.25, -0.2) is 5.01 Å². The monoisotopic (exact) mass is 193 g/mol. The van der Waals surface area contributed by atoms with E-state index in [1.54, 1.807) is 7.11 Å². The van der Waals surface area contributed by atoms with Crippen LogP contribution in [-0.2, 0) is 0 Å². The number of methoxy groups -OCH3 is 1. The van der Waals surface area contributed by atoms with E-state index in [0.29, 0.717) is 6.54 Å². The third kappa shape index (κ3) is 1.54. The summed E-state index contributed by atoms with van der Waals surface area (Å²) < 4.78 is 5.02. The quantitative estimate of drug-likeness (QED) is 0.767.